The fourth-order valence-electron chi connectivity index (χ4n) is 6.21. The number of nitrogens with zero attached hydrogens (tertiary/aromatic N) is 6. The molecule has 4 aromatic rings. The SMILES string of the molecule is Cc1cc(C)c(N2CCCc3c2nn(C)c3Br)c(Cl)c1.Cc1cc(C)c(N2CCCc3c2nn(C)c3C(=O)O)c(Cl)c1. The summed E-state index contributed by atoms with van der Waals surface area (Å²) in [6.45, 7) is 9.95. The van der Waals surface area contributed by atoms with E-state index in [4.69, 9.17) is 23.2 Å². The van der Waals surface area contributed by atoms with E-state index in [9.17, 15) is 9.90 Å². The number of aromatic carboxylic acids is 1. The molecule has 2 aliphatic heterocycles. The van der Waals surface area contributed by atoms with Gasteiger partial charge in [-0.3, -0.25) is 9.36 Å². The van der Waals surface area contributed by atoms with Crippen molar-refractivity contribution in [2.75, 3.05) is 22.9 Å². The van der Waals surface area contributed by atoms with E-state index >= 15 is 0 Å². The Labute approximate surface area is 265 Å². The number of hydrogen-bond donors (Lipinski definition) is 1. The molecule has 0 bridgehead atoms. The third-order valence-electron chi connectivity index (χ3n) is 7.84. The molecule has 0 saturated heterocycles. The highest BCUT2D eigenvalue weighted by Gasteiger charge is 2.30. The van der Waals surface area contributed by atoms with Crippen LogP contribution in [0.1, 0.15) is 56.7 Å². The van der Waals surface area contributed by atoms with Crippen LogP contribution in [-0.4, -0.2) is 43.7 Å². The molecular formula is C31H35BrCl2N6O2. The van der Waals surface area contributed by atoms with Gasteiger partial charge >= 0.3 is 5.97 Å². The predicted octanol–water partition coefficient (Wildman–Crippen LogP) is 8.01. The zero-order valence-electron chi connectivity index (χ0n) is 24.7. The number of hydrogen-bond acceptors (Lipinski definition) is 5. The molecule has 0 spiro atoms. The monoisotopic (exact) mass is 672 g/mol. The number of carboxylic acids is 1. The van der Waals surface area contributed by atoms with Gasteiger partial charge in [-0.25, -0.2) is 4.79 Å². The number of anilines is 4. The Balaban J connectivity index is 0.000000169. The van der Waals surface area contributed by atoms with Crippen molar-refractivity contribution in [2.24, 2.45) is 14.1 Å². The van der Waals surface area contributed by atoms with Crippen molar-refractivity contribution in [3.05, 3.63) is 78.0 Å². The van der Waals surface area contributed by atoms with Crippen LogP contribution in [0.5, 0.6) is 0 Å². The van der Waals surface area contributed by atoms with Crippen LogP contribution in [0, 0.1) is 27.7 Å². The molecular weight excluding hydrogens is 639 g/mol. The summed E-state index contributed by atoms with van der Waals surface area (Å²) in [6, 6.07) is 8.21. The van der Waals surface area contributed by atoms with Crippen LogP contribution in [-0.2, 0) is 26.9 Å². The molecule has 0 aliphatic carbocycles. The zero-order valence-corrected chi connectivity index (χ0v) is 27.8. The van der Waals surface area contributed by atoms with Gasteiger partial charge in [0, 0.05) is 38.3 Å². The average Bonchev–Trinajstić information content (AvgIpc) is 3.39. The zero-order chi connectivity index (χ0) is 30.5. The molecule has 6 rings (SSSR count). The van der Waals surface area contributed by atoms with E-state index in [0.717, 1.165) is 82.3 Å². The third-order valence-corrected chi connectivity index (χ3v) is 9.41. The molecule has 0 fully saturated rings. The largest absolute Gasteiger partial charge is 0.477 e. The maximum absolute atomic E-state index is 11.5. The quantitative estimate of drug-likeness (QED) is 0.237. The lowest BCUT2D eigenvalue weighted by atomic mass is 10.0. The first kappa shape index (κ1) is 30.4. The van der Waals surface area contributed by atoms with Crippen molar-refractivity contribution in [1.29, 1.82) is 0 Å². The number of benzene rings is 2. The molecule has 0 atom stereocenters. The van der Waals surface area contributed by atoms with Gasteiger partial charge in [-0.05, 0) is 104 Å². The molecule has 0 unspecified atom stereocenters. The molecule has 0 amide bonds. The maximum atomic E-state index is 11.5. The van der Waals surface area contributed by atoms with Crippen LogP contribution < -0.4 is 9.80 Å². The first-order chi connectivity index (χ1) is 19.9. The summed E-state index contributed by atoms with van der Waals surface area (Å²) in [4.78, 5) is 15.8. The summed E-state index contributed by atoms with van der Waals surface area (Å²) < 4.78 is 4.40. The van der Waals surface area contributed by atoms with Gasteiger partial charge in [0.05, 0.1) is 21.4 Å². The van der Waals surface area contributed by atoms with Gasteiger partial charge in [0.15, 0.2) is 17.3 Å². The normalized spacial score (nSPS) is 14.3. The molecule has 4 heterocycles. The van der Waals surface area contributed by atoms with Crippen molar-refractivity contribution in [1.82, 2.24) is 19.6 Å². The van der Waals surface area contributed by atoms with E-state index in [2.05, 4.69) is 57.0 Å². The highest BCUT2D eigenvalue weighted by molar-refractivity contribution is 9.10. The van der Waals surface area contributed by atoms with Gasteiger partial charge in [-0.1, -0.05) is 35.3 Å². The summed E-state index contributed by atoms with van der Waals surface area (Å²) in [7, 11) is 3.63. The Morgan fingerprint density at radius 3 is 1.71 bits per heavy atom. The highest BCUT2D eigenvalue weighted by Crippen LogP contribution is 2.42. The third kappa shape index (κ3) is 5.54. The predicted molar refractivity (Wildman–Crippen MR) is 174 cm³/mol. The number of carboxylic acid groups (broad SMARTS) is 1. The number of rotatable bonds is 3. The second-order valence-corrected chi connectivity index (χ2v) is 12.7. The molecule has 8 nitrogen and oxygen atoms in total. The van der Waals surface area contributed by atoms with Crippen LogP contribution in [0.4, 0.5) is 23.0 Å². The molecule has 1 N–H and O–H groups in total. The molecule has 42 heavy (non-hydrogen) atoms. The molecule has 0 saturated carbocycles. The van der Waals surface area contributed by atoms with E-state index < -0.39 is 5.97 Å². The minimum Gasteiger partial charge on any atom is -0.477 e. The van der Waals surface area contributed by atoms with Crippen LogP contribution in [0.3, 0.4) is 0 Å². The Morgan fingerprint density at radius 1 is 0.786 bits per heavy atom. The number of aryl methyl sites for hydroxylation is 6. The van der Waals surface area contributed by atoms with Gasteiger partial charge in [0.1, 0.15) is 4.60 Å². The number of fused-ring (bicyclic) bond motifs is 2. The topological polar surface area (TPSA) is 79.4 Å². The van der Waals surface area contributed by atoms with Crippen LogP contribution in [0.15, 0.2) is 28.9 Å². The highest BCUT2D eigenvalue weighted by atomic mass is 79.9. The minimum absolute atomic E-state index is 0.264. The van der Waals surface area contributed by atoms with Gasteiger partial charge in [0.25, 0.3) is 0 Å². The second kappa shape index (κ2) is 11.9. The molecule has 2 aliphatic rings. The second-order valence-electron chi connectivity index (χ2n) is 11.1. The lowest BCUT2D eigenvalue weighted by Gasteiger charge is -2.30. The fourth-order valence-corrected chi connectivity index (χ4v) is 7.51. The number of aromatic nitrogens is 4. The first-order valence-corrected chi connectivity index (χ1v) is 15.5. The molecule has 222 valence electrons. The van der Waals surface area contributed by atoms with E-state index in [0.29, 0.717) is 10.8 Å². The molecule has 2 aromatic heterocycles. The Bertz CT molecular complexity index is 1650. The summed E-state index contributed by atoms with van der Waals surface area (Å²) in [5, 5.41) is 20.0. The van der Waals surface area contributed by atoms with E-state index in [1.807, 2.05) is 42.6 Å². The van der Waals surface area contributed by atoms with Gasteiger partial charge in [-0.2, -0.15) is 10.2 Å². The van der Waals surface area contributed by atoms with Gasteiger partial charge in [0.2, 0.25) is 0 Å². The van der Waals surface area contributed by atoms with Crippen molar-refractivity contribution >= 4 is 68.1 Å². The Kier molecular flexibility index (Phi) is 8.65. The minimum atomic E-state index is -0.940. The van der Waals surface area contributed by atoms with Crippen molar-refractivity contribution < 1.29 is 9.90 Å². The molecule has 11 heteroatoms. The summed E-state index contributed by atoms with van der Waals surface area (Å²) in [5.41, 5.74) is 8.90. The standard InChI is InChI=1S/C16H18ClN3O2.C15H17BrClN3/c1-9-7-10(2)13(12(17)8-9)20-6-4-5-11-14(16(21)22)19(3)18-15(11)20;1-9-7-10(2)13(12(17)8-9)20-6-4-5-11-14(16)19(3)18-15(11)20/h7-8H,4-6H2,1-3H3,(H,21,22);7-8H,4-6H2,1-3H3. The van der Waals surface area contributed by atoms with Crippen LogP contribution in [0.2, 0.25) is 10.0 Å². The van der Waals surface area contributed by atoms with Crippen molar-refractivity contribution in [2.45, 2.75) is 53.4 Å². The van der Waals surface area contributed by atoms with Crippen molar-refractivity contribution in [3.8, 4) is 0 Å². The van der Waals surface area contributed by atoms with E-state index in [1.54, 1.807) is 7.05 Å². The first-order valence-electron chi connectivity index (χ1n) is 14.0. The van der Waals surface area contributed by atoms with Gasteiger partial charge in [-0.15, -0.1) is 0 Å². The maximum Gasteiger partial charge on any atom is 0.354 e. The van der Waals surface area contributed by atoms with Crippen molar-refractivity contribution in [3.63, 3.8) is 0 Å². The number of carbonyl (C=O) groups is 1. The average molecular weight is 674 g/mol. The molecule has 2 aromatic carbocycles. The lowest BCUT2D eigenvalue weighted by Crippen LogP contribution is -2.26. The smallest absolute Gasteiger partial charge is 0.354 e. The Hall–Kier alpha value is -3.01. The van der Waals surface area contributed by atoms with Crippen LogP contribution >= 0.6 is 39.1 Å². The van der Waals surface area contributed by atoms with E-state index in [-0.39, 0.29) is 5.69 Å². The Morgan fingerprint density at radius 2 is 1.24 bits per heavy atom. The summed E-state index contributed by atoms with van der Waals surface area (Å²) in [5.74, 6) is 0.796. The van der Waals surface area contributed by atoms with Crippen LogP contribution in [0.25, 0.3) is 0 Å². The van der Waals surface area contributed by atoms with Gasteiger partial charge < -0.3 is 14.9 Å². The summed E-state index contributed by atoms with van der Waals surface area (Å²) >= 11 is 16.6. The molecule has 0 radical (unpaired) electrons. The van der Waals surface area contributed by atoms with E-state index in [1.165, 1.54) is 21.4 Å². The lowest BCUT2D eigenvalue weighted by molar-refractivity contribution is 0.0683. The number of halogens is 3. The fraction of sp³-hybridized carbons (Fsp3) is 0.387. The summed E-state index contributed by atoms with van der Waals surface area (Å²) in [6.07, 6.45) is 3.77.